The fourth-order valence-electron chi connectivity index (χ4n) is 8.75. The molecule has 5 atom stereocenters. The first-order valence-electron chi connectivity index (χ1n) is 16.9. The molecule has 0 radical (unpaired) electrons. The van der Waals surface area contributed by atoms with Gasteiger partial charge in [-0.1, -0.05) is 130 Å². The molecule has 3 heterocycles. The predicted molar refractivity (Wildman–Crippen MR) is 188 cm³/mol. The zero-order valence-corrected chi connectivity index (χ0v) is 28.5. The Morgan fingerprint density at radius 1 is 0.783 bits per heavy atom. The maximum Gasteiger partial charge on any atom is 0.410 e. The van der Waals surface area contributed by atoms with Crippen molar-refractivity contribution in [3.8, 4) is 11.1 Å². The van der Waals surface area contributed by atoms with Crippen LogP contribution < -0.4 is 10.4 Å². The summed E-state index contributed by atoms with van der Waals surface area (Å²) in [6.07, 6.45) is 1.61. The molecule has 6 heteroatoms. The second-order valence-electron chi connectivity index (χ2n) is 14.3. The minimum Gasteiger partial charge on any atom is -0.450 e. The predicted octanol–water partition coefficient (Wildman–Crippen LogP) is 7.10. The zero-order valence-electron chi connectivity index (χ0n) is 27.5. The summed E-state index contributed by atoms with van der Waals surface area (Å²) >= 11 is 0. The number of fused-ring (bicyclic) bond motifs is 2. The maximum atomic E-state index is 13.7. The number of hydrogen-bond acceptors (Lipinski definition) is 4. The van der Waals surface area contributed by atoms with E-state index in [2.05, 4.69) is 146 Å². The van der Waals surface area contributed by atoms with Crippen LogP contribution in [0.5, 0.6) is 0 Å². The van der Waals surface area contributed by atoms with Crippen molar-refractivity contribution in [3.63, 3.8) is 0 Å². The molecular weight excluding hydrogens is 585 g/mol. The highest BCUT2D eigenvalue weighted by molar-refractivity contribution is 6.99. The van der Waals surface area contributed by atoms with Crippen LogP contribution in [0.15, 0.2) is 115 Å². The summed E-state index contributed by atoms with van der Waals surface area (Å²) in [4.78, 5) is 18.4. The summed E-state index contributed by atoms with van der Waals surface area (Å²) in [5.41, 5.74) is 3.75. The van der Waals surface area contributed by atoms with Gasteiger partial charge in [-0.05, 0) is 63.9 Å². The first-order valence-corrected chi connectivity index (χ1v) is 18.8. The van der Waals surface area contributed by atoms with Gasteiger partial charge in [0, 0.05) is 13.1 Å². The highest BCUT2D eigenvalue weighted by atomic mass is 28.4. The minimum atomic E-state index is -2.88. The average molecular weight is 631 g/mol. The van der Waals surface area contributed by atoms with E-state index in [4.69, 9.17) is 9.16 Å². The molecule has 3 saturated heterocycles. The lowest BCUT2D eigenvalue weighted by Gasteiger charge is -2.47. The quantitative estimate of drug-likeness (QED) is 0.195. The topological polar surface area (TPSA) is 42.0 Å². The molecule has 0 spiro atoms. The molecular formula is C40H46N2O3Si. The SMILES string of the molecule is CCOC(=O)N1C2CC3CC1[C@H](O[Si](c1ccccc1)(c1ccccc1)C(C)(C)C)C2N(Cc1cccc(-c2ccccc2)c1)C3. The molecule has 0 aliphatic carbocycles. The number of carbonyl (C=O) groups excluding carboxylic acids is 1. The molecule has 0 aromatic heterocycles. The Morgan fingerprint density at radius 3 is 1.98 bits per heavy atom. The maximum absolute atomic E-state index is 13.7. The van der Waals surface area contributed by atoms with Gasteiger partial charge in [-0.25, -0.2) is 4.79 Å². The molecule has 0 saturated carbocycles. The van der Waals surface area contributed by atoms with Crippen molar-refractivity contribution in [2.75, 3.05) is 13.2 Å². The van der Waals surface area contributed by atoms with E-state index in [9.17, 15) is 4.79 Å². The fourth-order valence-corrected chi connectivity index (χ4v) is 13.5. The number of likely N-dealkylation sites (tertiary alicyclic amines) is 1. The third-order valence-corrected chi connectivity index (χ3v) is 15.5. The standard InChI is InChI=1S/C40H46N2O3Si/c1-5-44-39(43)42-35-25-30-26-36(42)38(37(35)41(28-30)27-29-16-15-19-32(24-29)31-17-9-6-10-18-31)45-46(40(2,3)4,33-20-11-7-12-21-33)34-22-13-8-14-23-34/h6-24,30,35-38H,5,25-28H2,1-4H3/t30?,35?,36?,37?,38-/m0/s1. The number of rotatable bonds is 8. The van der Waals surface area contributed by atoms with Gasteiger partial charge >= 0.3 is 6.09 Å². The van der Waals surface area contributed by atoms with Gasteiger partial charge in [0.25, 0.3) is 8.32 Å². The number of carbonyl (C=O) groups is 1. The molecule has 3 aliphatic heterocycles. The van der Waals surface area contributed by atoms with Crippen LogP contribution in [0.3, 0.4) is 0 Å². The van der Waals surface area contributed by atoms with Crippen LogP contribution in [0.1, 0.15) is 46.1 Å². The van der Waals surface area contributed by atoms with Crippen LogP contribution in [0.25, 0.3) is 11.1 Å². The normalized spacial score (nSPS) is 24.3. The lowest BCUT2D eigenvalue weighted by atomic mass is 9.86. The molecule has 5 nitrogen and oxygen atoms in total. The lowest BCUT2D eigenvalue weighted by molar-refractivity contribution is 0.00795. The highest BCUT2D eigenvalue weighted by Crippen LogP contribution is 2.50. The Kier molecular flexibility index (Phi) is 8.38. The Hall–Kier alpha value is -3.71. The van der Waals surface area contributed by atoms with E-state index in [-0.39, 0.29) is 35.4 Å². The third kappa shape index (κ3) is 5.40. The zero-order chi connectivity index (χ0) is 31.9. The Bertz CT molecular complexity index is 1600. The third-order valence-electron chi connectivity index (χ3n) is 10.5. The van der Waals surface area contributed by atoms with Gasteiger partial charge in [0.2, 0.25) is 0 Å². The number of benzene rings is 4. The smallest absolute Gasteiger partial charge is 0.410 e. The van der Waals surface area contributed by atoms with E-state index in [0.717, 1.165) is 25.9 Å². The van der Waals surface area contributed by atoms with Gasteiger partial charge in [0.05, 0.1) is 30.8 Å². The largest absolute Gasteiger partial charge is 0.450 e. The number of nitrogens with zero attached hydrogens (tertiary/aromatic N) is 2. The summed E-state index contributed by atoms with van der Waals surface area (Å²) in [6.45, 7) is 11.1. The molecule has 4 aromatic carbocycles. The number of hydrogen-bond donors (Lipinski definition) is 0. The monoisotopic (exact) mass is 630 g/mol. The van der Waals surface area contributed by atoms with Gasteiger partial charge in [0.15, 0.2) is 0 Å². The van der Waals surface area contributed by atoms with Crippen molar-refractivity contribution in [2.24, 2.45) is 5.92 Å². The van der Waals surface area contributed by atoms with Crippen molar-refractivity contribution in [3.05, 3.63) is 121 Å². The van der Waals surface area contributed by atoms with Gasteiger partial charge in [-0.15, -0.1) is 0 Å². The lowest BCUT2D eigenvalue weighted by Crippen LogP contribution is -2.69. The highest BCUT2D eigenvalue weighted by Gasteiger charge is 2.64. The molecule has 3 aliphatic rings. The van der Waals surface area contributed by atoms with Crippen LogP contribution in [-0.4, -0.2) is 61.6 Å². The summed E-state index contributed by atoms with van der Waals surface area (Å²) in [7, 11) is -2.88. The van der Waals surface area contributed by atoms with Crippen molar-refractivity contribution in [2.45, 2.75) is 76.3 Å². The summed E-state index contributed by atoms with van der Waals surface area (Å²) in [5, 5.41) is 2.39. The van der Waals surface area contributed by atoms with E-state index < -0.39 is 8.32 Å². The molecule has 7 rings (SSSR count). The molecule has 0 N–H and O–H groups in total. The van der Waals surface area contributed by atoms with Gasteiger partial charge in [-0.2, -0.15) is 0 Å². The second-order valence-corrected chi connectivity index (χ2v) is 18.6. The first kappa shape index (κ1) is 30.9. The van der Waals surface area contributed by atoms with Gasteiger partial charge in [0.1, 0.15) is 0 Å². The van der Waals surface area contributed by atoms with Crippen molar-refractivity contribution in [1.82, 2.24) is 9.80 Å². The number of piperidine rings is 2. The van der Waals surface area contributed by atoms with Crippen molar-refractivity contribution >= 4 is 24.8 Å². The van der Waals surface area contributed by atoms with Crippen LogP contribution in [-0.2, 0) is 15.7 Å². The van der Waals surface area contributed by atoms with Gasteiger partial charge in [-0.3, -0.25) is 9.80 Å². The van der Waals surface area contributed by atoms with E-state index in [1.54, 1.807) is 0 Å². The van der Waals surface area contributed by atoms with Crippen LogP contribution in [0.2, 0.25) is 5.04 Å². The summed E-state index contributed by atoms with van der Waals surface area (Å²) in [5.74, 6) is 0.516. The molecule has 1 amide bonds. The Morgan fingerprint density at radius 2 is 1.37 bits per heavy atom. The van der Waals surface area contributed by atoms with Gasteiger partial charge < -0.3 is 9.16 Å². The molecule has 3 fully saturated rings. The molecule has 3 bridgehead atoms. The average Bonchev–Trinajstić information content (AvgIpc) is 3.18. The van der Waals surface area contributed by atoms with Crippen LogP contribution in [0.4, 0.5) is 4.79 Å². The fraction of sp³-hybridized carbons (Fsp3) is 0.375. The van der Waals surface area contributed by atoms with Crippen molar-refractivity contribution < 1.29 is 14.0 Å². The van der Waals surface area contributed by atoms with E-state index in [1.807, 2.05) is 6.92 Å². The molecule has 4 unspecified atom stereocenters. The van der Waals surface area contributed by atoms with E-state index in [1.165, 1.54) is 27.1 Å². The summed E-state index contributed by atoms with van der Waals surface area (Å²) < 4.78 is 13.7. The first-order chi connectivity index (χ1) is 22.3. The van der Waals surface area contributed by atoms with Crippen LogP contribution in [0, 0.1) is 5.92 Å². The molecule has 4 aromatic rings. The second kappa shape index (κ2) is 12.5. The van der Waals surface area contributed by atoms with Crippen molar-refractivity contribution in [1.29, 1.82) is 0 Å². The van der Waals surface area contributed by atoms with Crippen LogP contribution >= 0.6 is 0 Å². The van der Waals surface area contributed by atoms with E-state index >= 15 is 0 Å². The van der Waals surface area contributed by atoms with E-state index in [0.29, 0.717) is 12.5 Å². The molecule has 46 heavy (non-hydrogen) atoms. The number of amides is 1. The molecule has 238 valence electrons. The summed E-state index contributed by atoms with van der Waals surface area (Å²) in [6, 6.07) is 41.5. The number of ether oxygens (including phenoxy) is 1. The Balaban J connectivity index is 1.32. The Labute approximate surface area is 275 Å². The minimum absolute atomic E-state index is 0.0184.